The van der Waals surface area contributed by atoms with Gasteiger partial charge in [0.2, 0.25) is 11.8 Å². The maximum atomic E-state index is 11.2. The molecule has 1 unspecified atom stereocenters. The summed E-state index contributed by atoms with van der Waals surface area (Å²) in [7, 11) is 1.64. The number of carbonyl (C=O) groups is 1. The Labute approximate surface area is 153 Å². The molecule has 8 nitrogen and oxygen atoms in total. The fraction of sp³-hybridized carbons (Fsp3) is 0.722. The van der Waals surface area contributed by atoms with Crippen molar-refractivity contribution in [2.75, 3.05) is 44.8 Å². The molecule has 26 heavy (non-hydrogen) atoms. The zero-order valence-corrected chi connectivity index (χ0v) is 15.3. The first-order valence-electron chi connectivity index (χ1n) is 9.48. The highest BCUT2D eigenvalue weighted by Crippen LogP contribution is 2.35. The molecule has 1 aliphatic carbocycles. The van der Waals surface area contributed by atoms with Gasteiger partial charge in [-0.2, -0.15) is 0 Å². The first kappa shape index (κ1) is 17.5. The molecule has 0 radical (unpaired) electrons. The van der Waals surface area contributed by atoms with Gasteiger partial charge in [-0.15, -0.1) is 0 Å². The Morgan fingerprint density at radius 1 is 1.27 bits per heavy atom. The number of ether oxygens (including phenoxy) is 2. The van der Waals surface area contributed by atoms with Crippen molar-refractivity contribution in [1.29, 1.82) is 0 Å². The third kappa shape index (κ3) is 4.07. The Kier molecular flexibility index (Phi) is 5.21. The maximum absolute atomic E-state index is 11.2. The van der Waals surface area contributed by atoms with Crippen molar-refractivity contribution in [3.05, 3.63) is 12.4 Å². The van der Waals surface area contributed by atoms with Crippen LogP contribution in [0.25, 0.3) is 0 Å². The number of likely N-dealkylation sites (tertiary alicyclic amines) is 1. The molecule has 0 spiro atoms. The van der Waals surface area contributed by atoms with E-state index >= 15 is 0 Å². The Morgan fingerprint density at radius 2 is 2.04 bits per heavy atom. The van der Waals surface area contributed by atoms with Gasteiger partial charge in [-0.3, -0.25) is 4.79 Å². The summed E-state index contributed by atoms with van der Waals surface area (Å²) >= 11 is 0. The van der Waals surface area contributed by atoms with Gasteiger partial charge >= 0.3 is 0 Å². The van der Waals surface area contributed by atoms with Crippen LogP contribution >= 0.6 is 0 Å². The first-order valence-corrected chi connectivity index (χ1v) is 9.48. The summed E-state index contributed by atoms with van der Waals surface area (Å²) in [5.41, 5.74) is 0. The molecule has 4 rings (SSSR count). The lowest BCUT2D eigenvalue weighted by atomic mass is 10.0. The summed E-state index contributed by atoms with van der Waals surface area (Å²) in [5, 5.41) is 2.88. The number of nitrogens with zero attached hydrogens (tertiary/aromatic N) is 4. The molecule has 0 bridgehead atoms. The van der Waals surface area contributed by atoms with E-state index in [-0.39, 0.29) is 18.6 Å². The number of hydrogen-bond donors (Lipinski definition) is 1. The van der Waals surface area contributed by atoms with Crippen molar-refractivity contribution in [1.82, 2.24) is 20.2 Å². The number of hydrogen-bond acceptors (Lipinski definition) is 7. The van der Waals surface area contributed by atoms with Crippen LogP contribution in [-0.2, 0) is 9.53 Å². The minimum atomic E-state index is -0.0136. The molecule has 1 amide bonds. The van der Waals surface area contributed by atoms with Crippen molar-refractivity contribution in [3.8, 4) is 5.88 Å². The molecule has 3 aliphatic rings. The second kappa shape index (κ2) is 7.75. The van der Waals surface area contributed by atoms with Gasteiger partial charge in [-0.05, 0) is 25.7 Å². The predicted molar refractivity (Wildman–Crippen MR) is 96.3 cm³/mol. The van der Waals surface area contributed by atoms with Crippen LogP contribution in [0, 0.1) is 0 Å². The van der Waals surface area contributed by atoms with E-state index in [1.54, 1.807) is 13.4 Å². The molecule has 142 valence electrons. The number of aromatic nitrogens is 2. The Balaban J connectivity index is 1.34. The Morgan fingerprint density at radius 3 is 2.69 bits per heavy atom. The number of rotatable bonds is 6. The van der Waals surface area contributed by atoms with Gasteiger partial charge in [-0.25, -0.2) is 9.97 Å². The van der Waals surface area contributed by atoms with Crippen LogP contribution in [0.4, 0.5) is 5.82 Å². The quantitative estimate of drug-likeness (QED) is 0.787. The monoisotopic (exact) mass is 361 g/mol. The number of piperidine rings is 1. The van der Waals surface area contributed by atoms with Gasteiger partial charge in [0, 0.05) is 44.3 Å². The first-order chi connectivity index (χ1) is 12.7. The molecule has 1 atom stereocenters. The standard InChI is InChI=1S/C18H27N5O3/c1-25-18-8-16(20-12-21-18)23(13-2-3-13)14-4-6-22(7-5-14)10-15-9-19-17(24)11-26-15/h8,12-15H,2-7,9-11H2,1H3,(H,19,24). The second-order valence-corrected chi connectivity index (χ2v) is 7.33. The Bertz CT molecular complexity index is 621. The van der Waals surface area contributed by atoms with Crippen LogP contribution in [0.1, 0.15) is 25.7 Å². The number of carbonyl (C=O) groups excluding carboxylic acids is 1. The largest absolute Gasteiger partial charge is 0.481 e. The normalized spacial score (nSPS) is 25.0. The molecule has 1 aromatic heterocycles. The zero-order valence-electron chi connectivity index (χ0n) is 15.3. The van der Waals surface area contributed by atoms with Crippen LogP contribution in [0.5, 0.6) is 5.88 Å². The van der Waals surface area contributed by atoms with E-state index in [0.717, 1.165) is 38.3 Å². The highest BCUT2D eigenvalue weighted by Gasteiger charge is 2.37. The van der Waals surface area contributed by atoms with Gasteiger partial charge in [0.1, 0.15) is 18.8 Å². The molecular weight excluding hydrogens is 334 g/mol. The van der Waals surface area contributed by atoms with Crippen LogP contribution < -0.4 is 15.0 Å². The van der Waals surface area contributed by atoms with Crippen molar-refractivity contribution < 1.29 is 14.3 Å². The molecule has 1 N–H and O–H groups in total. The van der Waals surface area contributed by atoms with Gasteiger partial charge in [0.15, 0.2) is 0 Å². The lowest BCUT2D eigenvalue weighted by Crippen LogP contribution is -2.51. The Hall–Kier alpha value is -1.93. The third-order valence-electron chi connectivity index (χ3n) is 5.43. The predicted octanol–water partition coefficient (Wildman–Crippen LogP) is 0.433. The maximum Gasteiger partial charge on any atom is 0.246 e. The molecule has 3 fully saturated rings. The van der Waals surface area contributed by atoms with Crippen LogP contribution in [0.15, 0.2) is 12.4 Å². The summed E-state index contributed by atoms with van der Waals surface area (Å²) in [5.74, 6) is 1.59. The number of morpholine rings is 1. The van der Waals surface area contributed by atoms with Crippen LogP contribution in [0.2, 0.25) is 0 Å². The summed E-state index contributed by atoms with van der Waals surface area (Å²) in [6, 6.07) is 3.05. The van der Waals surface area contributed by atoms with Gasteiger partial charge in [0.25, 0.3) is 0 Å². The molecule has 2 aliphatic heterocycles. The number of methoxy groups -OCH3 is 1. The molecule has 1 saturated carbocycles. The van der Waals surface area contributed by atoms with E-state index in [0.29, 0.717) is 24.5 Å². The second-order valence-electron chi connectivity index (χ2n) is 7.33. The zero-order chi connectivity index (χ0) is 17.9. The van der Waals surface area contributed by atoms with E-state index in [4.69, 9.17) is 9.47 Å². The van der Waals surface area contributed by atoms with Gasteiger partial charge in [-0.1, -0.05) is 0 Å². The van der Waals surface area contributed by atoms with Gasteiger partial charge in [0.05, 0.1) is 13.2 Å². The third-order valence-corrected chi connectivity index (χ3v) is 5.43. The minimum Gasteiger partial charge on any atom is -0.481 e. The number of anilines is 1. The van der Waals surface area contributed by atoms with Crippen LogP contribution in [-0.4, -0.2) is 78.9 Å². The highest BCUT2D eigenvalue weighted by atomic mass is 16.5. The van der Waals surface area contributed by atoms with Crippen molar-refractivity contribution in [3.63, 3.8) is 0 Å². The average Bonchev–Trinajstić information content (AvgIpc) is 3.50. The summed E-state index contributed by atoms with van der Waals surface area (Å²) in [6.45, 7) is 3.78. The minimum absolute atomic E-state index is 0.0136. The van der Waals surface area contributed by atoms with Crippen LogP contribution in [0.3, 0.4) is 0 Å². The van der Waals surface area contributed by atoms with E-state index in [2.05, 4.69) is 25.1 Å². The summed E-state index contributed by atoms with van der Waals surface area (Å²) in [6.07, 6.45) is 6.40. The highest BCUT2D eigenvalue weighted by molar-refractivity contribution is 5.77. The lowest BCUT2D eigenvalue weighted by molar-refractivity contribution is -0.133. The molecular formula is C18H27N5O3. The molecule has 8 heteroatoms. The average molecular weight is 361 g/mol. The van der Waals surface area contributed by atoms with E-state index in [1.165, 1.54) is 12.8 Å². The smallest absolute Gasteiger partial charge is 0.246 e. The number of nitrogens with one attached hydrogen (secondary N) is 1. The van der Waals surface area contributed by atoms with Crippen molar-refractivity contribution in [2.45, 2.75) is 43.9 Å². The topological polar surface area (TPSA) is 79.8 Å². The van der Waals surface area contributed by atoms with E-state index in [9.17, 15) is 4.79 Å². The van der Waals surface area contributed by atoms with Crippen molar-refractivity contribution in [2.24, 2.45) is 0 Å². The van der Waals surface area contributed by atoms with Gasteiger partial charge < -0.3 is 24.6 Å². The van der Waals surface area contributed by atoms with E-state index < -0.39 is 0 Å². The molecule has 0 aromatic carbocycles. The number of amides is 1. The molecule has 2 saturated heterocycles. The summed E-state index contributed by atoms with van der Waals surface area (Å²) < 4.78 is 10.9. The fourth-order valence-electron chi connectivity index (χ4n) is 3.92. The van der Waals surface area contributed by atoms with E-state index in [1.807, 2.05) is 6.07 Å². The summed E-state index contributed by atoms with van der Waals surface area (Å²) in [4.78, 5) is 24.8. The molecule has 3 heterocycles. The lowest BCUT2D eigenvalue weighted by Gasteiger charge is -2.40. The van der Waals surface area contributed by atoms with Crippen molar-refractivity contribution >= 4 is 11.7 Å². The molecule has 1 aromatic rings. The fourth-order valence-corrected chi connectivity index (χ4v) is 3.92. The SMILES string of the molecule is COc1cc(N(C2CC2)C2CCN(CC3CNC(=O)CO3)CC2)ncn1.